The first kappa shape index (κ1) is 15.0. The summed E-state index contributed by atoms with van der Waals surface area (Å²) in [5.41, 5.74) is 0.844. The summed E-state index contributed by atoms with van der Waals surface area (Å²) in [6.07, 6.45) is 0. The predicted octanol–water partition coefficient (Wildman–Crippen LogP) is 2.65. The number of nitro benzene ring substituents is 1. The van der Waals surface area contributed by atoms with Crippen molar-refractivity contribution >= 4 is 28.6 Å². The van der Waals surface area contributed by atoms with Gasteiger partial charge in [0.05, 0.1) is 17.0 Å². The summed E-state index contributed by atoms with van der Waals surface area (Å²) in [5.74, 6) is -0.323. The lowest BCUT2D eigenvalue weighted by Gasteiger charge is -2.16. The lowest BCUT2D eigenvalue weighted by atomic mass is 10.1. The number of benzene rings is 1. The first-order valence-corrected chi connectivity index (χ1v) is 7.13. The Labute approximate surface area is 126 Å². The van der Waals surface area contributed by atoms with Crippen molar-refractivity contribution in [2.45, 2.75) is 6.54 Å². The molecule has 6 nitrogen and oxygen atoms in total. The third-order valence-corrected chi connectivity index (χ3v) is 3.80. The smallest absolute Gasteiger partial charge is 0.270 e. The van der Waals surface area contributed by atoms with E-state index in [-0.39, 0.29) is 11.6 Å². The van der Waals surface area contributed by atoms with Gasteiger partial charge in [0, 0.05) is 36.8 Å². The number of amides is 1. The zero-order valence-electron chi connectivity index (χ0n) is 11.7. The van der Waals surface area contributed by atoms with Crippen LogP contribution in [-0.4, -0.2) is 24.9 Å². The first-order valence-electron chi connectivity index (χ1n) is 6.25. The Bertz CT molecular complexity index is 653. The van der Waals surface area contributed by atoms with Crippen LogP contribution in [0.1, 0.15) is 15.2 Å². The van der Waals surface area contributed by atoms with Gasteiger partial charge >= 0.3 is 0 Å². The first-order chi connectivity index (χ1) is 9.99. The molecule has 0 saturated carbocycles. The van der Waals surface area contributed by atoms with Crippen LogP contribution in [0.2, 0.25) is 0 Å². The predicted molar refractivity (Wildman–Crippen MR) is 82.9 cm³/mol. The van der Waals surface area contributed by atoms with E-state index in [4.69, 9.17) is 0 Å². The molecule has 0 aliphatic carbocycles. The molecular weight excluding hydrogens is 290 g/mol. The number of carbonyl (C=O) groups excluding carboxylic acids is 1. The van der Waals surface area contributed by atoms with Crippen molar-refractivity contribution < 1.29 is 9.72 Å². The second-order valence-electron chi connectivity index (χ2n) is 4.62. The van der Waals surface area contributed by atoms with E-state index in [1.807, 2.05) is 17.5 Å². The van der Waals surface area contributed by atoms with Crippen LogP contribution in [0, 0.1) is 10.1 Å². The van der Waals surface area contributed by atoms with Gasteiger partial charge in [0.2, 0.25) is 0 Å². The van der Waals surface area contributed by atoms with Crippen molar-refractivity contribution in [2.24, 2.45) is 0 Å². The number of nitrogens with one attached hydrogen (secondary N) is 1. The Morgan fingerprint density at radius 1 is 1.38 bits per heavy atom. The van der Waals surface area contributed by atoms with E-state index in [2.05, 4.69) is 5.32 Å². The van der Waals surface area contributed by atoms with Crippen LogP contribution in [0.5, 0.6) is 0 Å². The van der Waals surface area contributed by atoms with Crippen molar-refractivity contribution in [1.29, 1.82) is 0 Å². The Balaban J connectivity index is 2.24. The highest BCUT2D eigenvalue weighted by Crippen LogP contribution is 2.24. The molecule has 0 spiro atoms. The van der Waals surface area contributed by atoms with Crippen LogP contribution >= 0.6 is 11.3 Å². The molecule has 2 rings (SSSR count). The molecule has 7 heteroatoms. The lowest BCUT2D eigenvalue weighted by Crippen LogP contribution is -2.25. The molecule has 0 radical (unpaired) electrons. The Kier molecular flexibility index (Phi) is 4.54. The molecule has 1 aromatic heterocycles. The molecule has 1 aromatic carbocycles. The number of hydrogen-bond donors (Lipinski definition) is 1. The maximum absolute atomic E-state index is 12.3. The van der Waals surface area contributed by atoms with Crippen LogP contribution in [0.4, 0.5) is 11.4 Å². The van der Waals surface area contributed by atoms with E-state index in [0.29, 0.717) is 17.8 Å². The monoisotopic (exact) mass is 305 g/mol. The van der Waals surface area contributed by atoms with Gasteiger partial charge < -0.3 is 10.2 Å². The average molecular weight is 305 g/mol. The number of nitrogens with zero attached hydrogens (tertiary/aromatic N) is 2. The molecule has 1 amide bonds. The topological polar surface area (TPSA) is 75.5 Å². The van der Waals surface area contributed by atoms with Gasteiger partial charge in [-0.15, -0.1) is 11.3 Å². The van der Waals surface area contributed by atoms with E-state index in [1.165, 1.54) is 12.1 Å². The number of hydrogen-bond acceptors (Lipinski definition) is 5. The summed E-state index contributed by atoms with van der Waals surface area (Å²) in [4.78, 5) is 25.4. The van der Waals surface area contributed by atoms with Crippen molar-refractivity contribution in [2.75, 3.05) is 19.0 Å². The van der Waals surface area contributed by atoms with E-state index in [9.17, 15) is 14.9 Å². The average Bonchev–Trinajstić information content (AvgIpc) is 2.97. The molecule has 1 N–H and O–H groups in total. The SMILES string of the molecule is CN(C)c1ccc([N+](=O)[O-])cc1C(=O)NCc1cccs1. The summed E-state index contributed by atoms with van der Waals surface area (Å²) in [7, 11) is 3.58. The number of rotatable bonds is 5. The Morgan fingerprint density at radius 3 is 2.71 bits per heavy atom. The molecule has 110 valence electrons. The van der Waals surface area contributed by atoms with Gasteiger partial charge in [-0.3, -0.25) is 14.9 Å². The molecule has 0 aliphatic rings. The molecule has 1 heterocycles. The number of non-ortho nitro benzene ring substituents is 1. The maximum atomic E-state index is 12.3. The van der Waals surface area contributed by atoms with Crippen LogP contribution in [0.25, 0.3) is 0 Å². The molecule has 0 unspecified atom stereocenters. The molecule has 0 saturated heterocycles. The van der Waals surface area contributed by atoms with Crippen molar-refractivity contribution in [3.8, 4) is 0 Å². The fourth-order valence-corrected chi connectivity index (χ4v) is 2.53. The van der Waals surface area contributed by atoms with Crippen molar-refractivity contribution in [1.82, 2.24) is 5.32 Å². The number of carbonyl (C=O) groups is 1. The number of anilines is 1. The molecule has 0 aliphatic heterocycles. The summed E-state index contributed by atoms with van der Waals surface area (Å²) < 4.78 is 0. The fourth-order valence-electron chi connectivity index (χ4n) is 1.89. The number of thiophene rings is 1. The van der Waals surface area contributed by atoms with Gasteiger partial charge in [-0.1, -0.05) is 6.07 Å². The molecule has 2 aromatic rings. The van der Waals surface area contributed by atoms with Gasteiger partial charge in [0.15, 0.2) is 0 Å². The van der Waals surface area contributed by atoms with Crippen molar-refractivity contribution in [3.05, 3.63) is 56.3 Å². The van der Waals surface area contributed by atoms with Crippen LogP contribution < -0.4 is 10.2 Å². The minimum absolute atomic E-state index is 0.0955. The highest BCUT2D eigenvalue weighted by molar-refractivity contribution is 7.09. The van der Waals surface area contributed by atoms with E-state index in [0.717, 1.165) is 4.88 Å². The van der Waals surface area contributed by atoms with E-state index < -0.39 is 4.92 Å². The van der Waals surface area contributed by atoms with Crippen LogP contribution in [0.3, 0.4) is 0 Å². The van der Waals surface area contributed by atoms with Crippen molar-refractivity contribution in [3.63, 3.8) is 0 Å². The molecule has 0 fully saturated rings. The Morgan fingerprint density at radius 2 is 2.14 bits per heavy atom. The summed E-state index contributed by atoms with van der Waals surface area (Å²) in [5, 5.41) is 15.6. The van der Waals surface area contributed by atoms with Gasteiger partial charge in [0.1, 0.15) is 0 Å². The second-order valence-corrected chi connectivity index (χ2v) is 5.65. The van der Waals surface area contributed by atoms with E-state index >= 15 is 0 Å². The second kappa shape index (κ2) is 6.36. The quantitative estimate of drug-likeness (QED) is 0.680. The molecule has 0 bridgehead atoms. The third-order valence-electron chi connectivity index (χ3n) is 2.92. The van der Waals surface area contributed by atoms with Gasteiger partial charge in [-0.2, -0.15) is 0 Å². The molecule has 0 atom stereocenters. The summed E-state index contributed by atoms with van der Waals surface area (Å²) >= 11 is 1.55. The summed E-state index contributed by atoms with van der Waals surface area (Å²) in [6.45, 7) is 0.409. The minimum Gasteiger partial charge on any atom is -0.377 e. The zero-order valence-corrected chi connectivity index (χ0v) is 12.5. The van der Waals surface area contributed by atoms with Crippen LogP contribution in [-0.2, 0) is 6.54 Å². The van der Waals surface area contributed by atoms with Gasteiger partial charge in [0.25, 0.3) is 11.6 Å². The largest absolute Gasteiger partial charge is 0.377 e. The molecular formula is C14H15N3O3S. The molecule has 21 heavy (non-hydrogen) atoms. The number of nitro groups is 1. The maximum Gasteiger partial charge on any atom is 0.270 e. The highest BCUT2D eigenvalue weighted by Gasteiger charge is 2.17. The minimum atomic E-state index is -0.504. The van der Waals surface area contributed by atoms with E-state index in [1.54, 1.807) is 36.4 Å². The summed E-state index contributed by atoms with van der Waals surface area (Å²) in [6, 6.07) is 8.11. The zero-order chi connectivity index (χ0) is 15.4. The van der Waals surface area contributed by atoms with Gasteiger partial charge in [-0.25, -0.2) is 0 Å². The fraction of sp³-hybridized carbons (Fsp3) is 0.214. The third kappa shape index (κ3) is 3.57. The Hall–Kier alpha value is -2.41. The highest BCUT2D eigenvalue weighted by atomic mass is 32.1. The standard InChI is InChI=1S/C14H15N3O3S/c1-16(2)13-6-5-10(17(19)20)8-12(13)14(18)15-9-11-4-3-7-21-11/h3-8H,9H2,1-2H3,(H,15,18). The van der Waals surface area contributed by atoms with Crippen LogP contribution in [0.15, 0.2) is 35.7 Å². The normalized spacial score (nSPS) is 10.2. The lowest BCUT2D eigenvalue weighted by molar-refractivity contribution is -0.384. The van der Waals surface area contributed by atoms with Gasteiger partial charge in [-0.05, 0) is 17.5 Å².